The summed E-state index contributed by atoms with van der Waals surface area (Å²) < 4.78 is 10.2. The van der Waals surface area contributed by atoms with Crippen molar-refractivity contribution in [3.63, 3.8) is 0 Å². The Morgan fingerprint density at radius 2 is 1.93 bits per heavy atom. The van der Waals surface area contributed by atoms with Gasteiger partial charge in [-0.2, -0.15) is 0 Å². The zero-order chi connectivity index (χ0) is 10.6. The van der Waals surface area contributed by atoms with E-state index in [0.717, 1.165) is 32.5 Å². The van der Waals surface area contributed by atoms with Gasteiger partial charge in [-0.25, -0.2) is 5.84 Å². The van der Waals surface area contributed by atoms with Gasteiger partial charge in [-0.15, -0.1) is 0 Å². The van der Waals surface area contributed by atoms with Gasteiger partial charge in [0.05, 0.1) is 0 Å². The summed E-state index contributed by atoms with van der Waals surface area (Å²) in [5.41, 5.74) is 2.09. The molecule has 0 spiro atoms. The number of ether oxygens (including phenoxy) is 2. The van der Waals surface area contributed by atoms with Gasteiger partial charge in [0.2, 0.25) is 5.91 Å². The minimum Gasteiger partial charge on any atom is -0.385 e. The molecule has 5 nitrogen and oxygen atoms in total. The number of amides is 1. The summed E-state index contributed by atoms with van der Waals surface area (Å²) in [7, 11) is 1.67. The Labute approximate surface area is 84.9 Å². The first-order valence-electron chi connectivity index (χ1n) is 4.87. The third-order valence-electron chi connectivity index (χ3n) is 1.74. The van der Waals surface area contributed by atoms with Crippen molar-refractivity contribution >= 4 is 5.91 Å². The molecule has 14 heavy (non-hydrogen) atoms. The summed E-state index contributed by atoms with van der Waals surface area (Å²) in [6, 6.07) is 0. The third kappa shape index (κ3) is 9.44. The lowest BCUT2D eigenvalue weighted by Crippen LogP contribution is -2.29. The van der Waals surface area contributed by atoms with Gasteiger partial charge < -0.3 is 9.47 Å². The molecule has 0 aliphatic heterocycles. The molecule has 0 saturated heterocycles. The minimum absolute atomic E-state index is 0.121. The molecule has 0 atom stereocenters. The largest absolute Gasteiger partial charge is 0.385 e. The third-order valence-corrected chi connectivity index (χ3v) is 1.74. The molecule has 0 heterocycles. The number of rotatable bonds is 9. The van der Waals surface area contributed by atoms with E-state index in [4.69, 9.17) is 15.3 Å². The van der Waals surface area contributed by atoms with Gasteiger partial charge in [-0.05, 0) is 19.3 Å². The molecule has 0 rings (SSSR count). The molecule has 0 aliphatic rings. The van der Waals surface area contributed by atoms with E-state index in [9.17, 15) is 4.79 Å². The highest BCUT2D eigenvalue weighted by Crippen LogP contribution is 1.96. The molecule has 0 bridgehead atoms. The van der Waals surface area contributed by atoms with Gasteiger partial charge in [0.1, 0.15) is 0 Å². The van der Waals surface area contributed by atoms with Crippen molar-refractivity contribution < 1.29 is 14.3 Å². The fourth-order valence-corrected chi connectivity index (χ4v) is 0.969. The summed E-state index contributed by atoms with van der Waals surface area (Å²) >= 11 is 0. The van der Waals surface area contributed by atoms with E-state index in [1.54, 1.807) is 7.11 Å². The number of hydrogen-bond acceptors (Lipinski definition) is 4. The van der Waals surface area contributed by atoms with Gasteiger partial charge >= 0.3 is 0 Å². The Hall–Kier alpha value is -0.650. The van der Waals surface area contributed by atoms with Crippen LogP contribution < -0.4 is 11.3 Å². The zero-order valence-corrected chi connectivity index (χ0v) is 8.75. The van der Waals surface area contributed by atoms with Gasteiger partial charge in [0, 0.05) is 33.4 Å². The average molecular weight is 204 g/mol. The van der Waals surface area contributed by atoms with Crippen molar-refractivity contribution in [2.75, 3.05) is 26.9 Å². The first kappa shape index (κ1) is 13.4. The number of hydrogen-bond donors (Lipinski definition) is 2. The van der Waals surface area contributed by atoms with Crippen LogP contribution in [-0.4, -0.2) is 32.8 Å². The Balaban J connectivity index is 2.95. The molecule has 0 aromatic heterocycles. The van der Waals surface area contributed by atoms with E-state index in [2.05, 4.69) is 5.43 Å². The fraction of sp³-hybridized carbons (Fsp3) is 0.889. The van der Waals surface area contributed by atoms with Crippen LogP contribution in [0.5, 0.6) is 0 Å². The van der Waals surface area contributed by atoms with Crippen LogP contribution in [-0.2, 0) is 14.3 Å². The van der Waals surface area contributed by atoms with Crippen molar-refractivity contribution in [2.45, 2.75) is 25.7 Å². The maximum Gasteiger partial charge on any atom is 0.233 e. The SMILES string of the molecule is COCCCOCCCCC(=O)NN. The van der Waals surface area contributed by atoms with E-state index in [1.807, 2.05) is 0 Å². The van der Waals surface area contributed by atoms with Crippen LogP contribution in [0.2, 0.25) is 0 Å². The Morgan fingerprint density at radius 1 is 1.21 bits per heavy atom. The lowest BCUT2D eigenvalue weighted by Gasteiger charge is -2.03. The summed E-state index contributed by atoms with van der Waals surface area (Å²) in [5, 5.41) is 0. The fourth-order valence-electron chi connectivity index (χ4n) is 0.969. The Morgan fingerprint density at radius 3 is 2.57 bits per heavy atom. The smallest absolute Gasteiger partial charge is 0.233 e. The second kappa shape index (κ2) is 10.4. The highest BCUT2D eigenvalue weighted by Gasteiger charge is 1.97. The molecule has 5 heteroatoms. The maximum atomic E-state index is 10.7. The van der Waals surface area contributed by atoms with E-state index in [0.29, 0.717) is 13.0 Å². The van der Waals surface area contributed by atoms with Crippen LogP contribution in [0, 0.1) is 0 Å². The van der Waals surface area contributed by atoms with E-state index < -0.39 is 0 Å². The zero-order valence-electron chi connectivity index (χ0n) is 8.75. The van der Waals surface area contributed by atoms with Gasteiger partial charge in [0.25, 0.3) is 0 Å². The van der Waals surface area contributed by atoms with Crippen LogP contribution >= 0.6 is 0 Å². The molecule has 0 unspecified atom stereocenters. The highest BCUT2D eigenvalue weighted by atomic mass is 16.5. The first-order valence-corrected chi connectivity index (χ1v) is 4.87. The number of carbonyl (C=O) groups excluding carboxylic acids is 1. The number of nitrogens with two attached hydrogens (primary N) is 1. The molecule has 0 aliphatic carbocycles. The lowest BCUT2D eigenvalue weighted by atomic mass is 10.2. The summed E-state index contributed by atoms with van der Waals surface area (Å²) in [4.78, 5) is 10.7. The quantitative estimate of drug-likeness (QED) is 0.243. The van der Waals surface area contributed by atoms with Gasteiger partial charge in [-0.3, -0.25) is 10.2 Å². The van der Waals surface area contributed by atoms with Gasteiger partial charge in [-0.1, -0.05) is 0 Å². The molecule has 84 valence electrons. The predicted molar refractivity (Wildman–Crippen MR) is 53.5 cm³/mol. The summed E-state index contributed by atoms with van der Waals surface area (Å²) in [6.45, 7) is 2.15. The first-order chi connectivity index (χ1) is 6.81. The number of nitrogens with one attached hydrogen (secondary N) is 1. The lowest BCUT2D eigenvalue weighted by molar-refractivity contribution is -0.121. The van der Waals surface area contributed by atoms with Crippen molar-refractivity contribution in [3.8, 4) is 0 Å². The molecule has 0 aromatic rings. The van der Waals surface area contributed by atoms with Crippen molar-refractivity contribution in [3.05, 3.63) is 0 Å². The normalized spacial score (nSPS) is 10.1. The van der Waals surface area contributed by atoms with Crippen LogP contribution in [0.15, 0.2) is 0 Å². The predicted octanol–water partition coefficient (Wildman–Crippen LogP) is 0.200. The molecule has 3 N–H and O–H groups in total. The van der Waals surface area contributed by atoms with Gasteiger partial charge in [0.15, 0.2) is 0 Å². The number of hydrazine groups is 1. The summed E-state index contributed by atoms with van der Waals surface area (Å²) in [6.07, 6.45) is 3.09. The molecule has 0 fully saturated rings. The molecule has 0 saturated carbocycles. The van der Waals surface area contributed by atoms with Crippen molar-refractivity contribution in [2.24, 2.45) is 5.84 Å². The standard InChI is InChI=1S/C9H20N2O3/c1-13-6-4-8-14-7-3-2-5-9(12)11-10/h2-8,10H2,1H3,(H,11,12). The number of unbranched alkanes of at least 4 members (excludes halogenated alkanes) is 1. The Bertz CT molecular complexity index is 142. The van der Waals surface area contributed by atoms with E-state index >= 15 is 0 Å². The van der Waals surface area contributed by atoms with Crippen molar-refractivity contribution in [1.29, 1.82) is 0 Å². The number of carbonyl (C=O) groups is 1. The topological polar surface area (TPSA) is 73.6 Å². The summed E-state index contributed by atoms with van der Waals surface area (Å²) in [5.74, 6) is 4.80. The molecule has 1 amide bonds. The van der Waals surface area contributed by atoms with Crippen molar-refractivity contribution in [1.82, 2.24) is 5.43 Å². The second-order valence-electron chi connectivity index (χ2n) is 2.98. The monoisotopic (exact) mass is 204 g/mol. The van der Waals surface area contributed by atoms with Crippen LogP contribution in [0.25, 0.3) is 0 Å². The maximum absolute atomic E-state index is 10.7. The average Bonchev–Trinajstić information content (AvgIpc) is 2.21. The number of methoxy groups -OCH3 is 1. The molecular weight excluding hydrogens is 184 g/mol. The highest BCUT2D eigenvalue weighted by molar-refractivity contribution is 5.74. The van der Waals surface area contributed by atoms with E-state index in [-0.39, 0.29) is 5.91 Å². The molecule has 0 radical (unpaired) electrons. The molecule has 0 aromatic carbocycles. The molecular formula is C9H20N2O3. The second-order valence-corrected chi connectivity index (χ2v) is 2.98. The minimum atomic E-state index is -0.121. The van der Waals surface area contributed by atoms with Crippen LogP contribution in [0.3, 0.4) is 0 Å². The Kier molecular flexibility index (Phi) is 9.95. The van der Waals surface area contributed by atoms with Crippen LogP contribution in [0.1, 0.15) is 25.7 Å². The van der Waals surface area contributed by atoms with E-state index in [1.165, 1.54) is 0 Å². The van der Waals surface area contributed by atoms with Crippen LogP contribution in [0.4, 0.5) is 0 Å².